The van der Waals surface area contributed by atoms with Gasteiger partial charge in [-0.25, -0.2) is 4.98 Å². The Kier molecular flexibility index (Phi) is 4.52. The average Bonchev–Trinajstić information content (AvgIpc) is 2.47. The van der Waals surface area contributed by atoms with Crippen LogP contribution in [0.5, 0.6) is 0 Å². The van der Waals surface area contributed by atoms with Gasteiger partial charge in [-0.3, -0.25) is 15.1 Å². The number of hydrogen-bond acceptors (Lipinski definition) is 6. The summed E-state index contributed by atoms with van der Waals surface area (Å²) in [4.78, 5) is 17.9. The van der Waals surface area contributed by atoms with Gasteiger partial charge in [0.2, 0.25) is 0 Å². The standard InChI is InChI=1S/C12H9ClN6O2/c13-11-7-15-6-10(17-11)12(14)18-16-5-8-2-1-3-9(4-8)19(20)21/h1-7H,(H2,14,18)/b16-5+. The van der Waals surface area contributed by atoms with E-state index in [1.807, 2.05) is 0 Å². The molecular weight excluding hydrogens is 296 g/mol. The highest BCUT2D eigenvalue weighted by atomic mass is 35.5. The second-order valence-electron chi connectivity index (χ2n) is 3.81. The van der Waals surface area contributed by atoms with Gasteiger partial charge in [-0.1, -0.05) is 23.7 Å². The van der Waals surface area contributed by atoms with E-state index < -0.39 is 4.92 Å². The highest BCUT2D eigenvalue weighted by Crippen LogP contribution is 2.11. The molecular formula is C12H9ClN6O2. The molecule has 1 aromatic heterocycles. The van der Waals surface area contributed by atoms with Crippen molar-refractivity contribution in [2.45, 2.75) is 0 Å². The molecule has 0 unspecified atom stereocenters. The van der Waals surface area contributed by atoms with Crippen molar-refractivity contribution >= 4 is 29.3 Å². The molecule has 106 valence electrons. The van der Waals surface area contributed by atoms with Crippen molar-refractivity contribution in [1.82, 2.24) is 9.97 Å². The lowest BCUT2D eigenvalue weighted by Gasteiger charge is -1.97. The molecule has 0 bridgehead atoms. The molecule has 0 aliphatic carbocycles. The smallest absolute Gasteiger partial charge is 0.270 e. The number of hydrogen-bond donors (Lipinski definition) is 1. The van der Waals surface area contributed by atoms with E-state index in [-0.39, 0.29) is 16.7 Å². The van der Waals surface area contributed by atoms with Crippen molar-refractivity contribution in [3.63, 3.8) is 0 Å². The number of halogens is 1. The fourth-order valence-corrected chi connectivity index (χ4v) is 1.54. The van der Waals surface area contributed by atoms with E-state index in [1.54, 1.807) is 12.1 Å². The van der Waals surface area contributed by atoms with Gasteiger partial charge in [-0.15, -0.1) is 5.10 Å². The van der Waals surface area contributed by atoms with Crippen molar-refractivity contribution < 1.29 is 4.92 Å². The molecule has 0 fully saturated rings. The highest BCUT2D eigenvalue weighted by Gasteiger charge is 2.04. The van der Waals surface area contributed by atoms with Gasteiger partial charge >= 0.3 is 0 Å². The lowest BCUT2D eigenvalue weighted by molar-refractivity contribution is -0.384. The summed E-state index contributed by atoms with van der Waals surface area (Å²) in [6, 6.07) is 5.96. The summed E-state index contributed by atoms with van der Waals surface area (Å²) in [6.45, 7) is 0. The third-order valence-electron chi connectivity index (χ3n) is 2.32. The molecule has 0 saturated heterocycles. The molecule has 0 saturated carbocycles. The van der Waals surface area contributed by atoms with Crippen LogP contribution in [-0.2, 0) is 0 Å². The fourth-order valence-electron chi connectivity index (χ4n) is 1.39. The second kappa shape index (κ2) is 6.53. The number of nitrogens with two attached hydrogens (primary N) is 1. The number of rotatable bonds is 4. The molecule has 2 rings (SSSR count). The lowest BCUT2D eigenvalue weighted by Crippen LogP contribution is -2.15. The Labute approximate surface area is 124 Å². The van der Waals surface area contributed by atoms with Crippen LogP contribution in [0.4, 0.5) is 5.69 Å². The molecule has 0 radical (unpaired) electrons. The molecule has 0 atom stereocenters. The van der Waals surface area contributed by atoms with E-state index in [9.17, 15) is 10.1 Å². The van der Waals surface area contributed by atoms with Gasteiger partial charge in [0.1, 0.15) is 10.8 Å². The van der Waals surface area contributed by atoms with Crippen molar-refractivity contribution in [3.05, 3.63) is 63.2 Å². The van der Waals surface area contributed by atoms with E-state index in [2.05, 4.69) is 20.2 Å². The average molecular weight is 305 g/mol. The maximum absolute atomic E-state index is 10.6. The van der Waals surface area contributed by atoms with Gasteiger partial charge in [0.15, 0.2) is 5.84 Å². The van der Waals surface area contributed by atoms with E-state index in [0.29, 0.717) is 11.3 Å². The van der Waals surface area contributed by atoms with Crippen molar-refractivity contribution in [3.8, 4) is 0 Å². The van der Waals surface area contributed by atoms with E-state index in [1.165, 1.54) is 30.7 Å². The first kappa shape index (κ1) is 14.5. The van der Waals surface area contributed by atoms with E-state index in [4.69, 9.17) is 17.3 Å². The number of nitro benzene ring substituents is 1. The van der Waals surface area contributed by atoms with Crippen LogP contribution in [0.15, 0.2) is 46.9 Å². The van der Waals surface area contributed by atoms with Crippen LogP contribution < -0.4 is 5.73 Å². The molecule has 0 aliphatic heterocycles. The minimum Gasteiger partial charge on any atom is -0.380 e. The van der Waals surface area contributed by atoms with Gasteiger partial charge in [-0.2, -0.15) is 5.10 Å². The normalized spacial score (nSPS) is 11.8. The summed E-state index contributed by atoms with van der Waals surface area (Å²) >= 11 is 5.68. The summed E-state index contributed by atoms with van der Waals surface area (Å²) in [5, 5.41) is 18.3. The van der Waals surface area contributed by atoms with Gasteiger partial charge in [0.25, 0.3) is 5.69 Å². The van der Waals surface area contributed by atoms with Crippen LogP contribution in [0.25, 0.3) is 0 Å². The zero-order valence-corrected chi connectivity index (χ0v) is 11.3. The Morgan fingerprint density at radius 2 is 2.24 bits per heavy atom. The number of aromatic nitrogens is 2. The van der Waals surface area contributed by atoms with E-state index in [0.717, 1.165) is 0 Å². The van der Waals surface area contributed by atoms with Crippen LogP contribution in [0.2, 0.25) is 5.15 Å². The number of nitrogens with zero attached hydrogens (tertiary/aromatic N) is 5. The minimum atomic E-state index is -0.490. The van der Waals surface area contributed by atoms with Crippen molar-refractivity contribution in [2.75, 3.05) is 0 Å². The molecule has 2 N–H and O–H groups in total. The van der Waals surface area contributed by atoms with Gasteiger partial charge in [0, 0.05) is 17.7 Å². The fraction of sp³-hybridized carbons (Fsp3) is 0. The summed E-state index contributed by atoms with van der Waals surface area (Å²) < 4.78 is 0. The third kappa shape index (κ3) is 4.05. The second-order valence-corrected chi connectivity index (χ2v) is 4.20. The molecule has 21 heavy (non-hydrogen) atoms. The number of benzene rings is 1. The predicted molar refractivity (Wildman–Crippen MR) is 78.5 cm³/mol. The van der Waals surface area contributed by atoms with Gasteiger partial charge < -0.3 is 5.73 Å². The Morgan fingerprint density at radius 1 is 1.43 bits per heavy atom. The van der Waals surface area contributed by atoms with Crippen LogP contribution in [0.1, 0.15) is 11.3 Å². The van der Waals surface area contributed by atoms with Crippen molar-refractivity contribution in [1.29, 1.82) is 0 Å². The maximum atomic E-state index is 10.6. The lowest BCUT2D eigenvalue weighted by atomic mass is 10.2. The number of amidine groups is 1. The van der Waals surface area contributed by atoms with Gasteiger partial charge in [0.05, 0.1) is 23.5 Å². The Morgan fingerprint density at radius 3 is 2.95 bits per heavy atom. The SMILES string of the molecule is N/C(=N\N=C\c1cccc([N+](=O)[O-])c1)c1cncc(Cl)n1. The molecule has 1 heterocycles. The maximum Gasteiger partial charge on any atom is 0.270 e. The largest absolute Gasteiger partial charge is 0.380 e. The summed E-state index contributed by atoms with van der Waals surface area (Å²) in [5.41, 5.74) is 6.46. The summed E-state index contributed by atoms with van der Waals surface area (Å²) in [5.74, 6) is 0.0340. The summed E-state index contributed by atoms with van der Waals surface area (Å²) in [6.07, 6.45) is 4.11. The first-order valence-electron chi connectivity index (χ1n) is 5.65. The molecule has 9 heteroatoms. The Balaban J connectivity index is 2.16. The minimum absolute atomic E-state index is 0.0309. The number of nitro groups is 1. The predicted octanol–water partition coefficient (Wildman–Crippen LogP) is 1.78. The number of non-ortho nitro benzene ring substituents is 1. The van der Waals surface area contributed by atoms with Crippen LogP contribution in [-0.4, -0.2) is 26.9 Å². The van der Waals surface area contributed by atoms with Crippen LogP contribution in [0, 0.1) is 10.1 Å². The molecule has 0 spiro atoms. The molecule has 0 aliphatic rings. The highest BCUT2D eigenvalue weighted by molar-refractivity contribution is 6.29. The summed E-state index contributed by atoms with van der Waals surface area (Å²) in [7, 11) is 0. The van der Waals surface area contributed by atoms with E-state index >= 15 is 0 Å². The first-order chi connectivity index (χ1) is 10.1. The van der Waals surface area contributed by atoms with Gasteiger partial charge in [-0.05, 0) is 0 Å². The van der Waals surface area contributed by atoms with Crippen LogP contribution >= 0.6 is 11.6 Å². The Hall–Kier alpha value is -2.87. The quantitative estimate of drug-likeness (QED) is 0.399. The first-order valence-corrected chi connectivity index (χ1v) is 6.03. The third-order valence-corrected chi connectivity index (χ3v) is 2.50. The topological polar surface area (TPSA) is 120 Å². The van der Waals surface area contributed by atoms with Crippen molar-refractivity contribution in [2.24, 2.45) is 15.9 Å². The molecule has 1 aromatic carbocycles. The van der Waals surface area contributed by atoms with Crippen LogP contribution in [0.3, 0.4) is 0 Å². The molecule has 0 amide bonds. The molecule has 8 nitrogen and oxygen atoms in total. The zero-order chi connectivity index (χ0) is 15.2. The monoisotopic (exact) mass is 304 g/mol. The Bertz CT molecular complexity index is 731. The zero-order valence-electron chi connectivity index (χ0n) is 10.5. The molecule has 2 aromatic rings.